The highest BCUT2D eigenvalue weighted by Gasteiger charge is 2.24. The van der Waals surface area contributed by atoms with Crippen molar-refractivity contribution in [3.05, 3.63) is 56.4 Å². The van der Waals surface area contributed by atoms with Crippen molar-refractivity contribution in [3.8, 4) is 11.5 Å². The molecule has 8 heteroatoms. The molecule has 0 saturated carbocycles. The minimum Gasteiger partial charge on any atom is -0.503 e. The van der Waals surface area contributed by atoms with Gasteiger partial charge >= 0.3 is 0 Å². The molecule has 1 aliphatic rings. The summed E-state index contributed by atoms with van der Waals surface area (Å²) in [7, 11) is 1.43. The third-order valence-electron chi connectivity index (χ3n) is 3.26. The van der Waals surface area contributed by atoms with Crippen molar-refractivity contribution in [2.24, 2.45) is 4.99 Å². The van der Waals surface area contributed by atoms with Gasteiger partial charge in [-0.05, 0) is 53.7 Å². The smallest absolute Gasteiger partial charge is 0.264 e. The van der Waals surface area contributed by atoms with E-state index in [1.54, 1.807) is 18.2 Å². The molecule has 5 nitrogen and oxygen atoms in total. The Bertz CT molecular complexity index is 915. The number of nitrogens with zero attached hydrogens (tertiary/aromatic N) is 1. The van der Waals surface area contributed by atoms with Crippen molar-refractivity contribution < 1.29 is 14.6 Å². The van der Waals surface area contributed by atoms with E-state index in [0.717, 1.165) is 10.2 Å². The molecule has 1 saturated heterocycles. The van der Waals surface area contributed by atoms with Crippen molar-refractivity contribution in [3.63, 3.8) is 0 Å². The Morgan fingerprint density at radius 2 is 2.16 bits per heavy atom. The summed E-state index contributed by atoms with van der Waals surface area (Å²) in [4.78, 5) is 17.0. The molecule has 0 aliphatic carbocycles. The quantitative estimate of drug-likeness (QED) is 0.680. The number of nitrogens with one attached hydrogen (secondary N) is 1. The van der Waals surface area contributed by atoms with E-state index in [9.17, 15) is 9.90 Å². The number of phenols is 1. The molecular formula is C17H12BrClN2O3S. The third-order valence-corrected chi connectivity index (χ3v) is 4.95. The van der Waals surface area contributed by atoms with E-state index in [-0.39, 0.29) is 22.4 Å². The SMILES string of the molecule is COc1cc(C=C2SC(=Nc3cccc(Br)c3)NC2=O)cc(Cl)c1O. The van der Waals surface area contributed by atoms with E-state index in [2.05, 4.69) is 26.2 Å². The summed E-state index contributed by atoms with van der Waals surface area (Å²) in [5.74, 6) is -0.139. The minimum atomic E-state index is -0.248. The van der Waals surface area contributed by atoms with Crippen LogP contribution in [0.1, 0.15) is 5.56 Å². The Morgan fingerprint density at radius 3 is 2.88 bits per heavy atom. The van der Waals surface area contributed by atoms with Gasteiger partial charge in [-0.1, -0.05) is 33.6 Å². The Labute approximate surface area is 161 Å². The molecule has 0 spiro atoms. The molecule has 0 radical (unpaired) electrons. The largest absolute Gasteiger partial charge is 0.503 e. The molecular weight excluding hydrogens is 428 g/mol. The van der Waals surface area contributed by atoms with Gasteiger partial charge in [-0.15, -0.1) is 0 Å². The Balaban J connectivity index is 1.88. The molecule has 1 aliphatic heterocycles. The van der Waals surface area contributed by atoms with Gasteiger partial charge in [0.25, 0.3) is 5.91 Å². The Kier molecular flexibility index (Phi) is 5.36. The van der Waals surface area contributed by atoms with Crippen molar-refractivity contribution in [2.75, 3.05) is 7.11 Å². The number of thioether (sulfide) groups is 1. The number of aromatic hydroxyl groups is 1. The zero-order chi connectivity index (χ0) is 18.0. The summed E-state index contributed by atoms with van der Waals surface area (Å²) in [6.45, 7) is 0. The maximum atomic E-state index is 12.1. The third kappa shape index (κ3) is 4.18. The number of carbonyl (C=O) groups excluding carboxylic acids is 1. The van der Waals surface area contributed by atoms with Gasteiger partial charge in [0.15, 0.2) is 16.7 Å². The summed E-state index contributed by atoms with van der Waals surface area (Å²) >= 11 is 10.6. The van der Waals surface area contributed by atoms with Crippen LogP contribution in [-0.4, -0.2) is 23.3 Å². The lowest BCUT2D eigenvalue weighted by atomic mass is 10.2. The van der Waals surface area contributed by atoms with E-state index in [4.69, 9.17) is 16.3 Å². The molecule has 25 heavy (non-hydrogen) atoms. The highest BCUT2D eigenvalue weighted by Crippen LogP contribution is 2.37. The molecule has 0 aromatic heterocycles. The molecule has 0 unspecified atom stereocenters. The summed E-state index contributed by atoms with van der Waals surface area (Å²) in [5, 5.41) is 13.1. The number of halogens is 2. The van der Waals surface area contributed by atoms with E-state index in [1.165, 1.54) is 18.9 Å². The van der Waals surface area contributed by atoms with Crippen LogP contribution >= 0.6 is 39.3 Å². The first-order chi connectivity index (χ1) is 12.0. The average molecular weight is 440 g/mol. The van der Waals surface area contributed by atoms with Crippen LogP contribution in [-0.2, 0) is 4.79 Å². The van der Waals surface area contributed by atoms with E-state index >= 15 is 0 Å². The standard InChI is InChI=1S/C17H12BrClN2O3S/c1-24-13-6-9(5-12(19)15(13)22)7-14-16(23)21-17(25-14)20-11-4-2-3-10(18)8-11/h2-8,22H,1H3,(H,20,21,23). The highest BCUT2D eigenvalue weighted by atomic mass is 79.9. The van der Waals surface area contributed by atoms with Gasteiger partial charge in [0, 0.05) is 4.47 Å². The monoisotopic (exact) mass is 438 g/mol. The summed E-state index contributed by atoms with van der Waals surface area (Å²) in [6, 6.07) is 10.6. The van der Waals surface area contributed by atoms with Crippen molar-refractivity contribution >= 4 is 62.1 Å². The number of hydrogen-bond acceptors (Lipinski definition) is 5. The Hall–Kier alpha value is -1.96. The van der Waals surface area contributed by atoms with E-state index in [0.29, 0.717) is 15.6 Å². The first-order valence-corrected chi connectivity index (χ1v) is 9.06. The Morgan fingerprint density at radius 1 is 1.36 bits per heavy atom. The molecule has 3 rings (SSSR count). The van der Waals surface area contributed by atoms with Crippen LogP contribution in [0.25, 0.3) is 6.08 Å². The van der Waals surface area contributed by atoms with Gasteiger partial charge in [0.1, 0.15) is 0 Å². The van der Waals surface area contributed by atoms with Crippen LogP contribution < -0.4 is 10.1 Å². The number of amides is 1. The van der Waals surface area contributed by atoms with Crippen LogP contribution in [0, 0.1) is 0 Å². The van der Waals surface area contributed by atoms with Crippen molar-refractivity contribution in [1.82, 2.24) is 5.32 Å². The normalized spacial score (nSPS) is 17.2. The van der Waals surface area contributed by atoms with Gasteiger partial charge in [0.05, 0.1) is 22.7 Å². The topological polar surface area (TPSA) is 70.9 Å². The number of aliphatic imine (C=N–C) groups is 1. The molecule has 0 atom stereocenters. The van der Waals surface area contributed by atoms with Crippen molar-refractivity contribution in [1.29, 1.82) is 0 Å². The molecule has 2 aromatic carbocycles. The lowest BCUT2D eigenvalue weighted by Crippen LogP contribution is -2.19. The van der Waals surface area contributed by atoms with Gasteiger partial charge in [0.2, 0.25) is 0 Å². The van der Waals surface area contributed by atoms with E-state index in [1.807, 2.05) is 24.3 Å². The number of benzene rings is 2. The second-order valence-electron chi connectivity index (χ2n) is 5.02. The highest BCUT2D eigenvalue weighted by molar-refractivity contribution is 9.10. The second-order valence-corrected chi connectivity index (χ2v) is 7.37. The zero-order valence-electron chi connectivity index (χ0n) is 12.9. The first-order valence-electron chi connectivity index (χ1n) is 7.08. The van der Waals surface area contributed by atoms with Crippen LogP contribution in [0.4, 0.5) is 5.69 Å². The summed E-state index contributed by atoms with van der Waals surface area (Å²) < 4.78 is 5.98. The van der Waals surface area contributed by atoms with Gasteiger partial charge in [-0.2, -0.15) is 0 Å². The van der Waals surface area contributed by atoms with E-state index < -0.39 is 0 Å². The summed E-state index contributed by atoms with van der Waals surface area (Å²) in [5.41, 5.74) is 1.37. The maximum Gasteiger partial charge on any atom is 0.264 e. The first kappa shape index (κ1) is 17.8. The zero-order valence-corrected chi connectivity index (χ0v) is 16.1. The lowest BCUT2D eigenvalue weighted by molar-refractivity contribution is -0.115. The fourth-order valence-corrected chi connectivity index (χ4v) is 3.58. The minimum absolute atomic E-state index is 0.133. The lowest BCUT2D eigenvalue weighted by Gasteiger charge is -2.06. The fraction of sp³-hybridized carbons (Fsp3) is 0.0588. The molecule has 1 heterocycles. The molecule has 2 N–H and O–H groups in total. The number of methoxy groups -OCH3 is 1. The number of carbonyl (C=O) groups is 1. The van der Waals surface area contributed by atoms with Gasteiger partial charge < -0.3 is 15.2 Å². The van der Waals surface area contributed by atoms with Gasteiger partial charge in [-0.25, -0.2) is 4.99 Å². The number of hydrogen-bond donors (Lipinski definition) is 2. The number of rotatable bonds is 3. The molecule has 0 bridgehead atoms. The fourth-order valence-electron chi connectivity index (χ4n) is 2.13. The molecule has 1 amide bonds. The van der Waals surface area contributed by atoms with Crippen LogP contribution in [0.15, 0.2) is 50.8 Å². The molecule has 128 valence electrons. The second kappa shape index (κ2) is 7.51. The number of phenolic OH excluding ortho intramolecular Hbond substituents is 1. The number of amidine groups is 1. The maximum absolute atomic E-state index is 12.1. The molecule has 1 fully saturated rings. The van der Waals surface area contributed by atoms with Crippen LogP contribution in [0.3, 0.4) is 0 Å². The predicted molar refractivity (Wildman–Crippen MR) is 105 cm³/mol. The van der Waals surface area contributed by atoms with Crippen LogP contribution in [0.2, 0.25) is 5.02 Å². The molecule has 2 aromatic rings. The number of ether oxygens (including phenoxy) is 1. The van der Waals surface area contributed by atoms with Gasteiger partial charge in [-0.3, -0.25) is 4.79 Å². The predicted octanol–water partition coefficient (Wildman–Crippen LogP) is 4.71. The van der Waals surface area contributed by atoms with Crippen LogP contribution in [0.5, 0.6) is 11.5 Å². The van der Waals surface area contributed by atoms with Crippen molar-refractivity contribution in [2.45, 2.75) is 0 Å². The average Bonchev–Trinajstić information content (AvgIpc) is 2.90. The summed E-state index contributed by atoms with van der Waals surface area (Å²) in [6.07, 6.45) is 1.66.